The maximum atomic E-state index is 12.8. The van der Waals surface area contributed by atoms with Crippen molar-refractivity contribution in [3.05, 3.63) is 23.2 Å². The van der Waals surface area contributed by atoms with Crippen LogP contribution in [0.2, 0.25) is 0 Å². The minimum absolute atomic E-state index is 0.0324. The predicted molar refractivity (Wildman–Crippen MR) is 102 cm³/mol. The van der Waals surface area contributed by atoms with Gasteiger partial charge in [-0.25, -0.2) is 18.1 Å². The summed E-state index contributed by atoms with van der Waals surface area (Å²) in [6.45, 7) is 6.36. The van der Waals surface area contributed by atoms with Crippen LogP contribution in [0, 0.1) is 0 Å². The normalized spacial score (nSPS) is 27.1. The van der Waals surface area contributed by atoms with Crippen LogP contribution in [-0.4, -0.2) is 31.5 Å². The van der Waals surface area contributed by atoms with E-state index < -0.39 is 10.0 Å². The standard InChI is InChI=1S/C18H25N3O2S2/c1-18(2,3)17-20-15-7-6-14(10-16(15)24-17)25(22,23)21-13-8-11-4-5-12(9-13)19-11/h6-7,10-13,19,21H,4-5,8-9H2,1-3H3. The first kappa shape index (κ1) is 17.4. The molecule has 2 saturated heterocycles. The predicted octanol–water partition coefficient (Wildman–Crippen LogP) is 3.16. The first-order chi connectivity index (χ1) is 11.7. The molecule has 2 aliphatic rings. The first-order valence-corrected chi connectivity index (χ1v) is 11.2. The number of thiazole rings is 1. The summed E-state index contributed by atoms with van der Waals surface area (Å²) in [6.07, 6.45) is 4.08. The molecule has 25 heavy (non-hydrogen) atoms. The number of hydrogen-bond acceptors (Lipinski definition) is 5. The summed E-state index contributed by atoms with van der Waals surface area (Å²) in [5.41, 5.74) is 0.837. The maximum absolute atomic E-state index is 12.8. The Morgan fingerprint density at radius 1 is 1.20 bits per heavy atom. The highest BCUT2D eigenvalue weighted by Gasteiger charge is 2.35. The molecule has 2 aliphatic heterocycles. The van der Waals surface area contributed by atoms with Gasteiger partial charge in [0.1, 0.15) is 0 Å². The average molecular weight is 380 g/mol. The molecule has 0 aliphatic carbocycles. The van der Waals surface area contributed by atoms with Crippen molar-refractivity contribution in [3.63, 3.8) is 0 Å². The van der Waals surface area contributed by atoms with E-state index >= 15 is 0 Å². The van der Waals surface area contributed by atoms with Gasteiger partial charge in [-0.15, -0.1) is 11.3 Å². The van der Waals surface area contributed by atoms with Crippen LogP contribution in [-0.2, 0) is 15.4 Å². The van der Waals surface area contributed by atoms with Crippen LogP contribution in [0.5, 0.6) is 0 Å². The molecule has 136 valence electrons. The zero-order valence-electron chi connectivity index (χ0n) is 14.9. The van der Waals surface area contributed by atoms with E-state index in [0.29, 0.717) is 17.0 Å². The fraction of sp³-hybridized carbons (Fsp3) is 0.611. The van der Waals surface area contributed by atoms with Crippen LogP contribution in [0.4, 0.5) is 0 Å². The molecule has 2 N–H and O–H groups in total. The minimum Gasteiger partial charge on any atom is -0.311 e. The molecule has 0 spiro atoms. The molecule has 2 aromatic rings. The molecule has 4 rings (SSSR count). The Balaban J connectivity index is 1.59. The van der Waals surface area contributed by atoms with E-state index in [2.05, 4.69) is 35.8 Å². The number of nitrogens with zero attached hydrogens (tertiary/aromatic N) is 1. The van der Waals surface area contributed by atoms with Crippen molar-refractivity contribution in [2.45, 2.75) is 74.9 Å². The van der Waals surface area contributed by atoms with Crippen molar-refractivity contribution in [1.29, 1.82) is 0 Å². The Morgan fingerprint density at radius 3 is 2.52 bits per heavy atom. The van der Waals surface area contributed by atoms with Gasteiger partial charge in [-0.05, 0) is 43.9 Å². The second kappa shape index (κ2) is 6.01. The molecule has 0 radical (unpaired) electrons. The molecule has 2 atom stereocenters. The van der Waals surface area contributed by atoms with Gasteiger partial charge in [0.15, 0.2) is 0 Å². The molecule has 7 heteroatoms. The van der Waals surface area contributed by atoms with Gasteiger partial charge in [0.25, 0.3) is 0 Å². The molecule has 2 bridgehead atoms. The smallest absolute Gasteiger partial charge is 0.240 e. The van der Waals surface area contributed by atoms with Crippen LogP contribution in [0.25, 0.3) is 10.2 Å². The van der Waals surface area contributed by atoms with Crippen LogP contribution in [0.3, 0.4) is 0 Å². The van der Waals surface area contributed by atoms with E-state index in [1.54, 1.807) is 23.5 Å². The number of hydrogen-bond donors (Lipinski definition) is 2. The SMILES string of the molecule is CC(C)(C)c1nc2ccc(S(=O)(=O)NC3CC4CCC(C3)N4)cc2s1. The van der Waals surface area contributed by atoms with Gasteiger partial charge in [0.05, 0.1) is 20.1 Å². The monoisotopic (exact) mass is 379 g/mol. The topological polar surface area (TPSA) is 71.1 Å². The lowest BCUT2D eigenvalue weighted by molar-refractivity contribution is 0.345. The van der Waals surface area contributed by atoms with Gasteiger partial charge in [-0.2, -0.15) is 0 Å². The third kappa shape index (κ3) is 3.47. The Morgan fingerprint density at radius 2 is 1.88 bits per heavy atom. The summed E-state index contributed by atoms with van der Waals surface area (Å²) >= 11 is 1.58. The van der Waals surface area contributed by atoms with Crippen molar-refractivity contribution < 1.29 is 8.42 Å². The Kier molecular flexibility index (Phi) is 4.18. The second-order valence-electron chi connectivity index (χ2n) is 8.33. The molecule has 1 aromatic heterocycles. The number of fused-ring (bicyclic) bond motifs is 3. The van der Waals surface area contributed by atoms with E-state index in [-0.39, 0.29) is 11.5 Å². The highest BCUT2D eigenvalue weighted by atomic mass is 32.2. The Hall–Kier alpha value is -1.02. The van der Waals surface area contributed by atoms with Gasteiger partial charge >= 0.3 is 0 Å². The fourth-order valence-electron chi connectivity index (χ4n) is 3.83. The number of sulfonamides is 1. The lowest BCUT2D eigenvalue weighted by Crippen LogP contribution is -2.47. The molecule has 2 fully saturated rings. The largest absolute Gasteiger partial charge is 0.311 e. The van der Waals surface area contributed by atoms with Crippen molar-refractivity contribution in [2.24, 2.45) is 0 Å². The first-order valence-electron chi connectivity index (χ1n) is 8.90. The van der Waals surface area contributed by atoms with Gasteiger partial charge in [-0.3, -0.25) is 0 Å². The van der Waals surface area contributed by atoms with E-state index in [9.17, 15) is 8.42 Å². The summed E-state index contributed by atoms with van der Waals surface area (Å²) in [7, 11) is -3.50. The summed E-state index contributed by atoms with van der Waals surface area (Å²) in [6, 6.07) is 6.22. The fourth-order valence-corrected chi connectivity index (χ4v) is 6.26. The number of rotatable bonds is 3. The summed E-state index contributed by atoms with van der Waals surface area (Å²) in [4.78, 5) is 4.99. The van der Waals surface area contributed by atoms with E-state index in [0.717, 1.165) is 40.9 Å². The number of nitrogens with one attached hydrogen (secondary N) is 2. The Bertz CT molecular complexity index is 887. The molecule has 3 heterocycles. The zero-order chi connectivity index (χ0) is 17.8. The van der Waals surface area contributed by atoms with E-state index in [4.69, 9.17) is 0 Å². The van der Waals surface area contributed by atoms with Crippen LogP contribution >= 0.6 is 11.3 Å². The molecule has 0 saturated carbocycles. The van der Waals surface area contributed by atoms with Gasteiger partial charge in [0.2, 0.25) is 10.0 Å². The number of piperidine rings is 1. The molecular formula is C18H25N3O2S2. The number of aromatic nitrogens is 1. The van der Waals surface area contributed by atoms with Crippen LogP contribution in [0.1, 0.15) is 51.5 Å². The van der Waals surface area contributed by atoms with E-state index in [1.165, 1.54) is 0 Å². The van der Waals surface area contributed by atoms with Crippen LogP contribution < -0.4 is 10.0 Å². The molecule has 2 unspecified atom stereocenters. The highest BCUT2D eigenvalue weighted by molar-refractivity contribution is 7.89. The van der Waals surface area contributed by atoms with Gasteiger partial charge in [0, 0.05) is 23.5 Å². The van der Waals surface area contributed by atoms with Gasteiger partial charge < -0.3 is 5.32 Å². The summed E-state index contributed by atoms with van der Waals surface area (Å²) in [5, 5.41) is 4.57. The van der Waals surface area contributed by atoms with Crippen LogP contribution in [0.15, 0.2) is 23.1 Å². The molecule has 5 nitrogen and oxygen atoms in total. The lowest BCUT2D eigenvalue weighted by atomic mass is 9.98. The van der Waals surface area contributed by atoms with Crippen molar-refractivity contribution >= 4 is 31.6 Å². The van der Waals surface area contributed by atoms with Crippen molar-refractivity contribution in [3.8, 4) is 0 Å². The summed E-state index contributed by atoms with van der Waals surface area (Å²) in [5.74, 6) is 0. The van der Waals surface area contributed by atoms with Crippen molar-refractivity contribution in [2.75, 3.05) is 0 Å². The maximum Gasteiger partial charge on any atom is 0.240 e. The summed E-state index contributed by atoms with van der Waals surface area (Å²) < 4.78 is 29.5. The third-order valence-electron chi connectivity index (χ3n) is 5.11. The minimum atomic E-state index is -3.50. The highest BCUT2D eigenvalue weighted by Crippen LogP contribution is 2.33. The third-order valence-corrected chi connectivity index (χ3v) is 8.07. The lowest BCUT2D eigenvalue weighted by Gasteiger charge is -2.29. The molecule has 1 aromatic carbocycles. The van der Waals surface area contributed by atoms with Gasteiger partial charge in [-0.1, -0.05) is 20.8 Å². The molecular weight excluding hydrogens is 354 g/mol. The van der Waals surface area contributed by atoms with Crippen molar-refractivity contribution in [1.82, 2.24) is 15.0 Å². The van der Waals surface area contributed by atoms with E-state index in [1.807, 2.05) is 6.07 Å². The number of benzene rings is 1. The zero-order valence-corrected chi connectivity index (χ0v) is 16.5. The quantitative estimate of drug-likeness (QED) is 0.859. The second-order valence-corrected chi connectivity index (χ2v) is 11.1. The molecule has 0 amide bonds. The Labute approximate surface area is 153 Å². The average Bonchev–Trinajstić information content (AvgIpc) is 3.09.